The van der Waals surface area contributed by atoms with Gasteiger partial charge in [-0.3, -0.25) is 20.5 Å². The van der Waals surface area contributed by atoms with Crippen LogP contribution in [0.4, 0.5) is 5.95 Å². The fourth-order valence-electron chi connectivity index (χ4n) is 2.34. The summed E-state index contributed by atoms with van der Waals surface area (Å²) < 4.78 is 0. The molecule has 8 nitrogen and oxygen atoms in total. The number of rotatable bonds is 6. The number of nitrogens with one attached hydrogen (secondary N) is 3. The number of aromatic nitrogens is 2. The maximum absolute atomic E-state index is 11.1. The van der Waals surface area contributed by atoms with Gasteiger partial charge in [-0.1, -0.05) is 12.1 Å². The summed E-state index contributed by atoms with van der Waals surface area (Å²) in [5.74, 6) is 0.0158. The lowest BCUT2D eigenvalue weighted by atomic mass is 10.1. The van der Waals surface area contributed by atoms with Gasteiger partial charge in [-0.2, -0.15) is 0 Å². The predicted molar refractivity (Wildman–Crippen MR) is 92.5 cm³/mol. The second-order valence-electron chi connectivity index (χ2n) is 5.48. The predicted octanol–water partition coefficient (Wildman–Crippen LogP) is 0.548. The van der Waals surface area contributed by atoms with Gasteiger partial charge in [-0.05, 0) is 25.1 Å². The third-order valence-corrected chi connectivity index (χ3v) is 3.76. The Bertz CT molecular complexity index is 744. The number of hydrazine groups is 1. The number of primary amides is 1. The number of amides is 1. The van der Waals surface area contributed by atoms with Gasteiger partial charge in [0.1, 0.15) is 0 Å². The highest BCUT2D eigenvalue weighted by Gasteiger charge is 2.17. The van der Waals surface area contributed by atoms with Gasteiger partial charge in [-0.15, -0.1) is 0 Å². The van der Waals surface area contributed by atoms with Crippen molar-refractivity contribution in [1.82, 2.24) is 20.7 Å². The number of benzene rings is 1. The molecule has 1 aliphatic rings. The van der Waals surface area contributed by atoms with E-state index >= 15 is 0 Å². The Hall–Kier alpha value is -2.84. The van der Waals surface area contributed by atoms with Crippen LogP contribution in [0.25, 0.3) is 11.3 Å². The highest BCUT2D eigenvalue weighted by molar-refractivity contribution is 5.93. The van der Waals surface area contributed by atoms with Crippen LogP contribution in [-0.2, 0) is 0 Å². The van der Waals surface area contributed by atoms with Gasteiger partial charge in [0.2, 0.25) is 11.9 Å². The van der Waals surface area contributed by atoms with Gasteiger partial charge in [0.15, 0.2) is 0 Å². The van der Waals surface area contributed by atoms with Crippen molar-refractivity contribution in [3.05, 3.63) is 42.1 Å². The minimum Gasteiger partial charge on any atom is -0.366 e. The third kappa shape index (κ3) is 3.73. The van der Waals surface area contributed by atoms with Crippen LogP contribution in [0.15, 0.2) is 41.5 Å². The molecule has 124 valence electrons. The molecule has 0 fully saturated rings. The lowest BCUT2D eigenvalue weighted by molar-refractivity contribution is 0.100. The Kier molecular flexibility index (Phi) is 4.78. The van der Waals surface area contributed by atoms with E-state index in [4.69, 9.17) is 5.73 Å². The Morgan fingerprint density at radius 1 is 1.33 bits per heavy atom. The first-order valence-electron chi connectivity index (χ1n) is 7.61. The average Bonchev–Trinajstić information content (AvgIpc) is 3.15. The Morgan fingerprint density at radius 2 is 2.12 bits per heavy atom. The number of nitrogens with two attached hydrogens (primary N) is 1. The summed E-state index contributed by atoms with van der Waals surface area (Å²) in [5, 5.41) is 3.24. The minimum atomic E-state index is -0.450. The fraction of sp³-hybridized carbons (Fsp3) is 0.250. The number of hydrogen-bond donors (Lipinski definition) is 4. The van der Waals surface area contributed by atoms with Crippen LogP contribution in [-0.4, -0.2) is 40.8 Å². The van der Waals surface area contributed by atoms with E-state index in [9.17, 15) is 4.79 Å². The molecule has 0 saturated carbocycles. The summed E-state index contributed by atoms with van der Waals surface area (Å²) in [5.41, 5.74) is 13.5. The summed E-state index contributed by atoms with van der Waals surface area (Å²) in [6, 6.07) is 9.07. The van der Waals surface area contributed by atoms with Crippen molar-refractivity contribution in [2.75, 3.05) is 12.1 Å². The number of carbonyl (C=O) groups excluding carboxylic acids is 1. The minimum absolute atomic E-state index is 0.123. The fourth-order valence-corrected chi connectivity index (χ4v) is 2.34. The third-order valence-electron chi connectivity index (χ3n) is 3.76. The molecule has 0 aliphatic carbocycles. The molecular weight excluding hydrogens is 306 g/mol. The molecular formula is C16H19N7O. The summed E-state index contributed by atoms with van der Waals surface area (Å²) in [4.78, 5) is 23.9. The molecule has 0 bridgehead atoms. The summed E-state index contributed by atoms with van der Waals surface area (Å²) in [7, 11) is 0. The topological polar surface area (TPSA) is 117 Å². The zero-order valence-electron chi connectivity index (χ0n) is 13.2. The molecule has 24 heavy (non-hydrogen) atoms. The molecule has 0 saturated heterocycles. The molecule has 1 amide bonds. The van der Waals surface area contributed by atoms with E-state index in [1.807, 2.05) is 13.1 Å². The van der Waals surface area contributed by atoms with Crippen LogP contribution in [0.5, 0.6) is 0 Å². The van der Waals surface area contributed by atoms with Crippen LogP contribution in [0, 0.1) is 0 Å². The van der Waals surface area contributed by atoms with Gasteiger partial charge in [0, 0.05) is 29.6 Å². The Balaban J connectivity index is 1.67. The molecule has 0 radical (unpaired) electrons. The second kappa shape index (κ2) is 7.16. The first kappa shape index (κ1) is 16.0. The Morgan fingerprint density at radius 3 is 2.79 bits per heavy atom. The van der Waals surface area contributed by atoms with Crippen molar-refractivity contribution in [3.63, 3.8) is 0 Å². The standard InChI is InChI=1S/C16H19N7O/c1-10(14-8-18-9-20-14)22-23-16-19-7-6-13(21-16)11-2-4-12(5-3-11)15(17)24/h2-8,10,14,20,22H,9H2,1H3,(H2,17,24)(H,19,21,23). The molecule has 5 N–H and O–H groups in total. The smallest absolute Gasteiger partial charge is 0.248 e. The maximum atomic E-state index is 11.1. The first-order valence-corrected chi connectivity index (χ1v) is 7.61. The number of nitrogens with zero attached hydrogens (tertiary/aromatic N) is 3. The lowest BCUT2D eigenvalue weighted by Crippen LogP contribution is -2.47. The largest absolute Gasteiger partial charge is 0.366 e. The summed E-state index contributed by atoms with van der Waals surface area (Å²) in [6.45, 7) is 2.68. The van der Waals surface area contributed by atoms with Crippen LogP contribution < -0.4 is 21.9 Å². The van der Waals surface area contributed by atoms with Crippen molar-refractivity contribution in [3.8, 4) is 11.3 Å². The first-order chi connectivity index (χ1) is 11.6. The molecule has 2 aromatic rings. The summed E-state index contributed by atoms with van der Waals surface area (Å²) >= 11 is 0. The number of hydrogen-bond acceptors (Lipinski definition) is 7. The van der Waals surface area contributed by atoms with Crippen molar-refractivity contribution in [2.24, 2.45) is 10.7 Å². The van der Waals surface area contributed by atoms with Crippen molar-refractivity contribution < 1.29 is 4.79 Å². The normalized spacial score (nSPS) is 17.6. The van der Waals surface area contributed by atoms with Gasteiger partial charge in [0.05, 0.1) is 18.4 Å². The number of aliphatic imine (C=N–C) groups is 1. The van der Waals surface area contributed by atoms with E-state index in [1.165, 1.54) is 0 Å². The van der Waals surface area contributed by atoms with Crippen molar-refractivity contribution in [2.45, 2.75) is 19.0 Å². The van der Waals surface area contributed by atoms with Gasteiger partial charge >= 0.3 is 0 Å². The van der Waals surface area contributed by atoms with Crippen molar-refractivity contribution in [1.29, 1.82) is 0 Å². The van der Waals surface area contributed by atoms with Crippen LogP contribution in [0.1, 0.15) is 17.3 Å². The van der Waals surface area contributed by atoms with Crippen LogP contribution >= 0.6 is 0 Å². The van der Waals surface area contributed by atoms with E-state index in [-0.39, 0.29) is 12.1 Å². The highest BCUT2D eigenvalue weighted by Crippen LogP contribution is 2.18. The molecule has 2 atom stereocenters. The van der Waals surface area contributed by atoms with Gasteiger partial charge < -0.3 is 5.73 Å². The Labute approximate surface area is 139 Å². The molecule has 1 aromatic heterocycles. The van der Waals surface area contributed by atoms with E-state index in [1.54, 1.807) is 36.5 Å². The quantitative estimate of drug-likeness (QED) is 0.576. The zero-order chi connectivity index (χ0) is 16.9. The van der Waals surface area contributed by atoms with Crippen LogP contribution in [0.3, 0.4) is 0 Å². The molecule has 1 aliphatic heterocycles. The molecule has 8 heteroatoms. The SMILES string of the molecule is CC(NNc1nccc(-c2ccc(C(N)=O)cc2)n1)C1C=NCN1. The van der Waals surface area contributed by atoms with Gasteiger partial charge in [0.25, 0.3) is 0 Å². The monoisotopic (exact) mass is 325 g/mol. The van der Waals surface area contributed by atoms with Gasteiger partial charge in [-0.25, -0.2) is 15.4 Å². The number of carbonyl (C=O) groups is 1. The molecule has 3 rings (SSSR count). The molecule has 2 unspecified atom stereocenters. The molecule has 2 heterocycles. The second-order valence-corrected chi connectivity index (χ2v) is 5.48. The lowest BCUT2D eigenvalue weighted by Gasteiger charge is -2.19. The summed E-state index contributed by atoms with van der Waals surface area (Å²) in [6.07, 6.45) is 3.56. The van der Waals surface area contributed by atoms with E-state index in [0.29, 0.717) is 18.2 Å². The highest BCUT2D eigenvalue weighted by atomic mass is 16.1. The molecule has 0 spiro atoms. The van der Waals surface area contributed by atoms with E-state index in [2.05, 4.69) is 31.1 Å². The van der Waals surface area contributed by atoms with E-state index < -0.39 is 5.91 Å². The maximum Gasteiger partial charge on any atom is 0.248 e. The molecule has 1 aromatic carbocycles. The van der Waals surface area contributed by atoms with E-state index in [0.717, 1.165) is 11.3 Å². The van der Waals surface area contributed by atoms with Crippen molar-refractivity contribution >= 4 is 18.1 Å². The number of anilines is 1. The zero-order valence-corrected chi connectivity index (χ0v) is 13.2. The average molecular weight is 325 g/mol. The van der Waals surface area contributed by atoms with Crippen LogP contribution in [0.2, 0.25) is 0 Å².